The Hall–Kier alpha value is -2.80. The van der Waals surface area contributed by atoms with Crippen LogP contribution in [0.3, 0.4) is 0 Å². The molecular formula is C25H17BrO. The summed E-state index contributed by atoms with van der Waals surface area (Å²) in [4.78, 5) is 0. The summed E-state index contributed by atoms with van der Waals surface area (Å²) in [5.74, 6) is 0.897. The summed E-state index contributed by atoms with van der Waals surface area (Å²) >= 11 is 3.82. The lowest BCUT2D eigenvalue weighted by atomic mass is 9.75. The van der Waals surface area contributed by atoms with Crippen molar-refractivity contribution in [2.75, 3.05) is 0 Å². The molecule has 0 amide bonds. The van der Waals surface area contributed by atoms with Gasteiger partial charge in [0.1, 0.15) is 5.75 Å². The van der Waals surface area contributed by atoms with E-state index in [-0.39, 0.29) is 0 Å². The number of allylic oxidation sites excluding steroid dienone is 6. The summed E-state index contributed by atoms with van der Waals surface area (Å²) in [5.41, 5.74) is 6.00. The Balaban J connectivity index is 1.66. The third-order valence-electron chi connectivity index (χ3n) is 5.12. The zero-order valence-electron chi connectivity index (χ0n) is 14.7. The zero-order chi connectivity index (χ0) is 18.3. The second-order valence-corrected chi connectivity index (χ2v) is 7.59. The number of halogens is 1. The van der Waals surface area contributed by atoms with Crippen molar-refractivity contribution in [1.29, 1.82) is 0 Å². The highest BCUT2D eigenvalue weighted by Gasteiger charge is 2.49. The van der Waals surface area contributed by atoms with E-state index in [1.165, 1.54) is 10.8 Å². The van der Waals surface area contributed by atoms with Crippen LogP contribution in [0.5, 0.6) is 5.75 Å². The second kappa shape index (κ2) is 6.42. The molecule has 2 heteroatoms. The highest BCUT2D eigenvalue weighted by atomic mass is 79.9. The largest absolute Gasteiger partial charge is 0.470 e. The zero-order valence-corrected chi connectivity index (χ0v) is 16.2. The topological polar surface area (TPSA) is 9.23 Å². The van der Waals surface area contributed by atoms with Gasteiger partial charge in [0, 0.05) is 21.2 Å². The predicted molar refractivity (Wildman–Crippen MR) is 116 cm³/mol. The van der Waals surface area contributed by atoms with Gasteiger partial charge in [0.25, 0.3) is 0 Å². The van der Waals surface area contributed by atoms with Crippen LogP contribution in [-0.2, 0) is 0 Å². The molecule has 2 aromatic carbocycles. The molecule has 0 N–H and O–H groups in total. The molecule has 1 nitrogen and oxygen atoms in total. The van der Waals surface area contributed by atoms with Crippen molar-refractivity contribution < 1.29 is 4.74 Å². The summed E-state index contributed by atoms with van der Waals surface area (Å²) in [6.07, 6.45) is 19.8. The van der Waals surface area contributed by atoms with E-state index in [0.29, 0.717) is 0 Å². The van der Waals surface area contributed by atoms with Crippen LogP contribution in [0, 0.1) is 0 Å². The quantitative estimate of drug-likeness (QED) is 0.432. The Morgan fingerprint density at radius 3 is 2.41 bits per heavy atom. The molecule has 2 bridgehead atoms. The lowest BCUT2D eigenvalue weighted by molar-refractivity contribution is 0.189. The van der Waals surface area contributed by atoms with E-state index in [1.807, 2.05) is 0 Å². The fourth-order valence-electron chi connectivity index (χ4n) is 3.74. The molecule has 0 fully saturated rings. The summed E-state index contributed by atoms with van der Waals surface area (Å²) in [6.45, 7) is 0. The van der Waals surface area contributed by atoms with Crippen molar-refractivity contribution in [3.05, 3.63) is 112 Å². The van der Waals surface area contributed by atoms with Crippen LogP contribution >= 0.6 is 15.9 Å². The smallest absolute Gasteiger partial charge is 0.205 e. The van der Waals surface area contributed by atoms with E-state index < -0.39 is 5.60 Å². The van der Waals surface area contributed by atoms with Gasteiger partial charge in [-0.05, 0) is 41.5 Å². The van der Waals surface area contributed by atoms with E-state index >= 15 is 0 Å². The van der Waals surface area contributed by atoms with E-state index in [1.54, 1.807) is 0 Å². The number of rotatable bonds is 0. The van der Waals surface area contributed by atoms with Gasteiger partial charge >= 0.3 is 0 Å². The molecular weight excluding hydrogens is 396 g/mol. The van der Waals surface area contributed by atoms with Gasteiger partial charge in [-0.1, -0.05) is 82.7 Å². The number of fused-ring (bicyclic) bond motifs is 5. The molecule has 0 atom stereocenters. The molecule has 2 aromatic rings. The number of ether oxygens (including phenoxy) is 1. The van der Waals surface area contributed by atoms with Crippen LogP contribution in [0.25, 0.3) is 16.8 Å². The van der Waals surface area contributed by atoms with Crippen molar-refractivity contribution in [2.24, 2.45) is 0 Å². The van der Waals surface area contributed by atoms with Crippen LogP contribution in [0.4, 0.5) is 0 Å². The van der Waals surface area contributed by atoms with E-state index in [4.69, 9.17) is 4.74 Å². The number of hydrogen-bond donors (Lipinski definition) is 0. The predicted octanol–water partition coefficient (Wildman–Crippen LogP) is 6.80. The van der Waals surface area contributed by atoms with Gasteiger partial charge in [-0.2, -0.15) is 0 Å². The van der Waals surface area contributed by atoms with Crippen LogP contribution < -0.4 is 4.74 Å². The summed E-state index contributed by atoms with van der Waals surface area (Å²) in [7, 11) is 0. The lowest BCUT2D eigenvalue weighted by Crippen LogP contribution is -2.45. The SMILES string of the molecule is BrC1=Cc2c(ccc3ccccc23)OC12C1=C=C2/C=C\C=C/C/C=C\C=C/1. The molecule has 5 rings (SSSR count). The Morgan fingerprint density at radius 2 is 1.63 bits per heavy atom. The van der Waals surface area contributed by atoms with Crippen LogP contribution in [0.15, 0.2) is 106 Å². The van der Waals surface area contributed by atoms with Crippen molar-refractivity contribution in [3.8, 4) is 5.75 Å². The second-order valence-electron chi connectivity index (χ2n) is 6.74. The average molecular weight is 413 g/mol. The average Bonchev–Trinajstić information content (AvgIpc) is 2.67. The Morgan fingerprint density at radius 1 is 0.889 bits per heavy atom. The molecule has 3 aliphatic rings. The van der Waals surface area contributed by atoms with Crippen LogP contribution in [-0.4, -0.2) is 5.60 Å². The highest BCUT2D eigenvalue weighted by Crippen LogP contribution is 2.52. The molecule has 0 saturated carbocycles. The first-order valence-corrected chi connectivity index (χ1v) is 9.85. The fourth-order valence-corrected chi connectivity index (χ4v) is 4.48. The molecule has 0 unspecified atom stereocenters. The minimum Gasteiger partial charge on any atom is -0.470 e. The van der Waals surface area contributed by atoms with Gasteiger partial charge in [0.15, 0.2) is 0 Å². The van der Waals surface area contributed by atoms with E-state index in [2.05, 4.69) is 113 Å². The third kappa shape index (κ3) is 2.53. The first-order chi connectivity index (χ1) is 13.3. The molecule has 0 saturated heterocycles. The first kappa shape index (κ1) is 16.4. The minimum absolute atomic E-state index is 0.622. The van der Waals surface area contributed by atoms with Crippen LogP contribution in [0.2, 0.25) is 0 Å². The molecule has 1 heterocycles. The van der Waals surface area contributed by atoms with Gasteiger partial charge in [-0.15, -0.1) is 5.73 Å². The normalized spacial score (nSPS) is 24.0. The Labute approximate surface area is 167 Å². The van der Waals surface area contributed by atoms with Crippen molar-refractivity contribution >= 4 is 32.8 Å². The lowest BCUT2D eigenvalue weighted by Gasteiger charge is -2.42. The molecule has 0 aromatic heterocycles. The molecule has 0 radical (unpaired) electrons. The molecule has 130 valence electrons. The molecule has 1 aliphatic heterocycles. The summed E-state index contributed by atoms with van der Waals surface area (Å²) in [6, 6.07) is 12.6. The molecule has 1 spiro atoms. The Bertz CT molecular complexity index is 1130. The maximum absolute atomic E-state index is 6.64. The van der Waals surface area contributed by atoms with Crippen molar-refractivity contribution in [3.63, 3.8) is 0 Å². The Kier molecular flexibility index (Phi) is 3.89. The number of benzene rings is 2. The maximum atomic E-state index is 6.64. The molecule has 27 heavy (non-hydrogen) atoms. The van der Waals surface area contributed by atoms with E-state index in [9.17, 15) is 0 Å². The van der Waals surface area contributed by atoms with Gasteiger partial charge in [-0.25, -0.2) is 0 Å². The van der Waals surface area contributed by atoms with Gasteiger partial charge in [0.05, 0.1) is 0 Å². The van der Waals surface area contributed by atoms with Crippen LogP contribution in [0.1, 0.15) is 12.0 Å². The van der Waals surface area contributed by atoms with Gasteiger partial charge in [0.2, 0.25) is 5.60 Å². The van der Waals surface area contributed by atoms with Crippen molar-refractivity contribution in [2.45, 2.75) is 12.0 Å². The number of hydrogen-bond acceptors (Lipinski definition) is 1. The summed E-state index contributed by atoms with van der Waals surface area (Å²) < 4.78 is 7.65. The minimum atomic E-state index is -0.622. The maximum Gasteiger partial charge on any atom is 0.205 e. The van der Waals surface area contributed by atoms with Gasteiger partial charge in [-0.3, -0.25) is 0 Å². The molecule has 2 aliphatic carbocycles. The standard InChI is InChI=1S/C25H17BrO/c26-24-17-22-21-13-9-8-10-18(21)14-15-23(22)27-25(24)19-11-6-4-2-1-3-5-7-12-20(25)16-19/h2-15,17H,1H2/b4-2-,5-3-,11-6-,12-7-. The van der Waals surface area contributed by atoms with Crippen molar-refractivity contribution in [1.82, 2.24) is 0 Å². The monoisotopic (exact) mass is 412 g/mol. The fraction of sp³-hybridized carbons (Fsp3) is 0.0800. The van der Waals surface area contributed by atoms with Gasteiger partial charge < -0.3 is 4.74 Å². The summed E-state index contributed by atoms with van der Waals surface area (Å²) in [5, 5.41) is 2.41. The first-order valence-electron chi connectivity index (χ1n) is 9.06. The third-order valence-corrected chi connectivity index (χ3v) is 5.91. The van der Waals surface area contributed by atoms with E-state index in [0.717, 1.165) is 33.4 Å². The highest BCUT2D eigenvalue weighted by molar-refractivity contribution is 9.12.